The van der Waals surface area contributed by atoms with Gasteiger partial charge in [0.25, 0.3) is 0 Å². The van der Waals surface area contributed by atoms with E-state index in [0.29, 0.717) is 5.92 Å². The predicted octanol–water partition coefficient (Wildman–Crippen LogP) is 2.14. The van der Waals surface area contributed by atoms with Gasteiger partial charge in [0.15, 0.2) is 0 Å². The van der Waals surface area contributed by atoms with E-state index in [1.54, 1.807) is 0 Å². The van der Waals surface area contributed by atoms with Crippen LogP contribution < -0.4 is 5.32 Å². The molecule has 0 aliphatic carbocycles. The highest BCUT2D eigenvalue weighted by Crippen LogP contribution is 2.34. The Hall–Kier alpha value is -1.02. The molecule has 0 saturated carbocycles. The molecule has 2 heteroatoms. The van der Waals surface area contributed by atoms with Crippen molar-refractivity contribution in [3.05, 3.63) is 29.3 Å². The summed E-state index contributed by atoms with van der Waals surface area (Å²) >= 11 is 0. The van der Waals surface area contributed by atoms with Gasteiger partial charge in [-0.1, -0.05) is 19.1 Å². The third-order valence-corrected chi connectivity index (χ3v) is 2.98. The summed E-state index contributed by atoms with van der Waals surface area (Å²) in [5, 5.41) is 12.3. The molecule has 0 saturated heterocycles. The SMILES string of the molecule is CCc1ccc2c(c1)C(CCO)CN2. The molecule has 1 atom stereocenters. The molecular weight excluding hydrogens is 174 g/mol. The maximum absolute atomic E-state index is 8.95. The molecule has 14 heavy (non-hydrogen) atoms. The van der Waals surface area contributed by atoms with E-state index in [4.69, 9.17) is 5.11 Å². The van der Waals surface area contributed by atoms with E-state index in [-0.39, 0.29) is 6.61 Å². The summed E-state index contributed by atoms with van der Waals surface area (Å²) in [6.07, 6.45) is 1.95. The average molecular weight is 191 g/mol. The molecule has 0 bridgehead atoms. The summed E-state index contributed by atoms with van der Waals surface area (Å²) in [6, 6.07) is 6.61. The highest BCUT2D eigenvalue weighted by Gasteiger charge is 2.21. The molecule has 2 rings (SSSR count). The van der Waals surface area contributed by atoms with Crippen molar-refractivity contribution in [3.63, 3.8) is 0 Å². The zero-order valence-electron chi connectivity index (χ0n) is 8.59. The summed E-state index contributed by atoms with van der Waals surface area (Å²) < 4.78 is 0. The van der Waals surface area contributed by atoms with Gasteiger partial charge in [-0.3, -0.25) is 0 Å². The van der Waals surface area contributed by atoms with Crippen molar-refractivity contribution >= 4 is 5.69 Å². The lowest BCUT2D eigenvalue weighted by Gasteiger charge is -2.08. The molecule has 76 valence electrons. The highest BCUT2D eigenvalue weighted by molar-refractivity contribution is 5.58. The summed E-state index contributed by atoms with van der Waals surface area (Å²) in [5.74, 6) is 0.501. The Bertz CT molecular complexity index is 320. The molecule has 0 spiro atoms. The van der Waals surface area contributed by atoms with E-state index >= 15 is 0 Å². The predicted molar refractivity (Wildman–Crippen MR) is 58.8 cm³/mol. The number of rotatable bonds is 3. The number of anilines is 1. The van der Waals surface area contributed by atoms with Crippen LogP contribution in [0.5, 0.6) is 0 Å². The Morgan fingerprint density at radius 2 is 2.36 bits per heavy atom. The number of aliphatic hydroxyl groups is 1. The molecule has 2 nitrogen and oxygen atoms in total. The fourth-order valence-corrected chi connectivity index (χ4v) is 2.09. The molecule has 0 amide bonds. The Kier molecular flexibility index (Phi) is 2.73. The Morgan fingerprint density at radius 1 is 1.50 bits per heavy atom. The molecule has 1 aliphatic heterocycles. The molecule has 1 aliphatic rings. The first-order valence-corrected chi connectivity index (χ1v) is 5.32. The Balaban J connectivity index is 2.27. The van der Waals surface area contributed by atoms with Crippen LogP contribution in [-0.2, 0) is 6.42 Å². The molecular formula is C12H17NO. The van der Waals surface area contributed by atoms with Crippen LogP contribution in [0, 0.1) is 0 Å². The number of fused-ring (bicyclic) bond motifs is 1. The maximum atomic E-state index is 8.95. The minimum absolute atomic E-state index is 0.280. The first kappa shape index (κ1) is 9.53. The zero-order valence-corrected chi connectivity index (χ0v) is 8.59. The minimum Gasteiger partial charge on any atom is -0.396 e. The van der Waals surface area contributed by atoms with Gasteiger partial charge in [-0.15, -0.1) is 0 Å². The van der Waals surface area contributed by atoms with E-state index < -0.39 is 0 Å². The smallest absolute Gasteiger partial charge is 0.0437 e. The number of benzene rings is 1. The molecule has 1 aromatic carbocycles. The number of aryl methyl sites for hydroxylation is 1. The fourth-order valence-electron chi connectivity index (χ4n) is 2.09. The lowest BCUT2D eigenvalue weighted by molar-refractivity contribution is 0.278. The van der Waals surface area contributed by atoms with E-state index in [2.05, 4.69) is 30.4 Å². The number of hydrogen-bond acceptors (Lipinski definition) is 2. The van der Waals surface area contributed by atoms with Crippen molar-refractivity contribution in [3.8, 4) is 0 Å². The lowest BCUT2D eigenvalue weighted by Crippen LogP contribution is -2.03. The summed E-state index contributed by atoms with van der Waals surface area (Å²) in [7, 11) is 0. The molecule has 0 aromatic heterocycles. The van der Waals surface area contributed by atoms with E-state index in [0.717, 1.165) is 19.4 Å². The van der Waals surface area contributed by atoms with Crippen LogP contribution in [0.15, 0.2) is 18.2 Å². The van der Waals surface area contributed by atoms with Crippen LogP contribution >= 0.6 is 0 Å². The summed E-state index contributed by atoms with van der Waals surface area (Å²) in [6.45, 7) is 3.43. The molecule has 0 fully saturated rings. The number of hydrogen-bond donors (Lipinski definition) is 2. The van der Waals surface area contributed by atoms with Gasteiger partial charge in [0, 0.05) is 24.8 Å². The lowest BCUT2D eigenvalue weighted by atomic mass is 9.96. The molecule has 0 radical (unpaired) electrons. The van der Waals surface area contributed by atoms with Gasteiger partial charge in [-0.25, -0.2) is 0 Å². The third-order valence-electron chi connectivity index (χ3n) is 2.98. The maximum Gasteiger partial charge on any atom is 0.0437 e. The standard InChI is InChI=1S/C12H17NO/c1-2-9-3-4-12-11(7-9)10(5-6-14)8-13-12/h3-4,7,10,13-14H,2,5-6,8H2,1H3. The third kappa shape index (κ3) is 1.62. The van der Waals surface area contributed by atoms with Crippen LogP contribution in [0.4, 0.5) is 5.69 Å². The second-order valence-electron chi connectivity index (χ2n) is 3.87. The van der Waals surface area contributed by atoms with E-state index in [1.807, 2.05) is 0 Å². The number of nitrogens with one attached hydrogen (secondary N) is 1. The van der Waals surface area contributed by atoms with Crippen LogP contribution in [0.1, 0.15) is 30.4 Å². The molecule has 1 heterocycles. The normalized spacial score (nSPS) is 19.1. The second-order valence-corrected chi connectivity index (χ2v) is 3.87. The van der Waals surface area contributed by atoms with Gasteiger partial charge >= 0.3 is 0 Å². The van der Waals surface area contributed by atoms with Gasteiger partial charge in [-0.2, -0.15) is 0 Å². The van der Waals surface area contributed by atoms with Gasteiger partial charge in [0.1, 0.15) is 0 Å². The first-order chi connectivity index (χ1) is 6.85. The zero-order chi connectivity index (χ0) is 9.97. The van der Waals surface area contributed by atoms with Crippen molar-refractivity contribution in [1.82, 2.24) is 0 Å². The highest BCUT2D eigenvalue weighted by atomic mass is 16.3. The first-order valence-electron chi connectivity index (χ1n) is 5.32. The second kappa shape index (κ2) is 4.01. The fraction of sp³-hybridized carbons (Fsp3) is 0.500. The van der Waals surface area contributed by atoms with Crippen LogP contribution in [-0.4, -0.2) is 18.3 Å². The quantitative estimate of drug-likeness (QED) is 0.767. The van der Waals surface area contributed by atoms with Gasteiger partial charge < -0.3 is 10.4 Å². The van der Waals surface area contributed by atoms with Gasteiger partial charge in [-0.05, 0) is 30.0 Å². The minimum atomic E-state index is 0.280. The summed E-state index contributed by atoms with van der Waals surface area (Å²) in [4.78, 5) is 0. The topological polar surface area (TPSA) is 32.3 Å². The Labute approximate surface area is 85.0 Å². The van der Waals surface area contributed by atoms with Gasteiger partial charge in [0.2, 0.25) is 0 Å². The number of aliphatic hydroxyl groups excluding tert-OH is 1. The Morgan fingerprint density at radius 3 is 3.07 bits per heavy atom. The summed E-state index contributed by atoms with van der Waals surface area (Å²) in [5.41, 5.74) is 4.02. The van der Waals surface area contributed by atoms with Crippen LogP contribution in [0.25, 0.3) is 0 Å². The monoisotopic (exact) mass is 191 g/mol. The van der Waals surface area contributed by atoms with Crippen LogP contribution in [0.3, 0.4) is 0 Å². The van der Waals surface area contributed by atoms with E-state index in [1.165, 1.54) is 16.8 Å². The van der Waals surface area contributed by atoms with Crippen molar-refractivity contribution in [2.24, 2.45) is 0 Å². The molecule has 1 aromatic rings. The largest absolute Gasteiger partial charge is 0.396 e. The molecule has 2 N–H and O–H groups in total. The van der Waals surface area contributed by atoms with Gasteiger partial charge in [0.05, 0.1) is 0 Å². The van der Waals surface area contributed by atoms with Crippen molar-refractivity contribution < 1.29 is 5.11 Å². The van der Waals surface area contributed by atoms with E-state index in [9.17, 15) is 0 Å². The van der Waals surface area contributed by atoms with Crippen molar-refractivity contribution in [2.75, 3.05) is 18.5 Å². The van der Waals surface area contributed by atoms with Crippen molar-refractivity contribution in [2.45, 2.75) is 25.7 Å². The van der Waals surface area contributed by atoms with Crippen molar-refractivity contribution in [1.29, 1.82) is 0 Å². The average Bonchev–Trinajstić information content (AvgIpc) is 2.61. The molecule has 1 unspecified atom stereocenters. The van der Waals surface area contributed by atoms with Crippen LogP contribution in [0.2, 0.25) is 0 Å².